The van der Waals surface area contributed by atoms with Gasteiger partial charge in [0.1, 0.15) is 11.3 Å². The lowest BCUT2D eigenvalue weighted by Crippen LogP contribution is -2.24. The summed E-state index contributed by atoms with van der Waals surface area (Å²) in [4.78, 5) is 25.9. The number of nitrogens with one attached hydrogen (secondary N) is 1. The molecule has 178 valence electrons. The van der Waals surface area contributed by atoms with Gasteiger partial charge in [0.25, 0.3) is 5.56 Å². The molecule has 5 rings (SSSR count). The summed E-state index contributed by atoms with van der Waals surface area (Å²) in [7, 11) is 1.60. The van der Waals surface area contributed by atoms with Crippen LogP contribution in [0.25, 0.3) is 21.7 Å². The Kier molecular flexibility index (Phi) is 6.37. The van der Waals surface area contributed by atoms with Crippen molar-refractivity contribution in [1.29, 1.82) is 0 Å². The number of anilines is 1. The van der Waals surface area contributed by atoms with Crippen molar-refractivity contribution in [3.05, 3.63) is 131 Å². The molecule has 0 fully saturated rings. The summed E-state index contributed by atoms with van der Waals surface area (Å²) in [5.41, 5.74) is 1.92. The zero-order valence-corrected chi connectivity index (χ0v) is 19.9. The molecule has 1 heterocycles. The van der Waals surface area contributed by atoms with E-state index in [9.17, 15) is 14.7 Å². The van der Waals surface area contributed by atoms with Crippen LogP contribution >= 0.6 is 0 Å². The number of aryl methyl sites for hydroxylation is 1. The van der Waals surface area contributed by atoms with Crippen molar-refractivity contribution in [3.8, 4) is 5.75 Å². The average Bonchev–Trinajstić information content (AvgIpc) is 2.92. The highest BCUT2D eigenvalue weighted by molar-refractivity contribution is 6.09. The monoisotopic (exact) mass is 474 g/mol. The number of nitrogens with zero attached hydrogens (tertiary/aromatic N) is 1. The van der Waals surface area contributed by atoms with E-state index in [1.807, 2.05) is 54.6 Å². The van der Waals surface area contributed by atoms with Crippen LogP contribution in [-0.4, -0.2) is 15.5 Å². The first-order valence-corrected chi connectivity index (χ1v) is 11.9. The molecule has 0 aliphatic heterocycles. The summed E-state index contributed by atoms with van der Waals surface area (Å²) < 4.78 is 1.39. The van der Waals surface area contributed by atoms with E-state index in [2.05, 4.69) is 23.5 Å². The molecule has 0 aliphatic carbocycles. The van der Waals surface area contributed by atoms with E-state index in [0.29, 0.717) is 17.3 Å². The molecule has 1 atom stereocenters. The minimum Gasteiger partial charge on any atom is -0.506 e. The summed E-state index contributed by atoms with van der Waals surface area (Å²) in [5.74, 6) is -0.798. The highest BCUT2D eigenvalue weighted by atomic mass is 16.3. The van der Waals surface area contributed by atoms with Crippen molar-refractivity contribution in [1.82, 2.24) is 4.57 Å². The quantitative estimate of drug-likeness (QED) is 0.212. The maximum atomic E-state index is 13.1. The molecule has 36 heavy (non-hydrogen) atoms. The Morgan fingerprint density at radius 1 is 0.889 bits per heavy atom. The van der Waals surface area contributed by atoms with Gasteiger partial charge < -0.3 is 15.0 Å². The first-order valence-electron chi connectivity index (χ1n) is 11.9. The van der Waals surface area contributed by atoms with Gasteiger partial charge in [-0.2, -0.15) is 0 Å². The van der Waals surface area contributed by atoms with Crippen molar-refractivity contribution in [2.75, 3.05) is 5.32 Å². The van der Waals surface area contributed by atoms with E-state index in [0.717, 1.165) is 22.0 Å². The van der Waals surface area contributed by atoms with E-state index >= 15 is 0 Å². The van der Waals surface area contributed by atoms with Gasteiger partial charge in [0.05, 0.1) is 11.6 Å². The highest BCUT2D eigenvalue weighted by Crippen LogP contribution is 2.30. The minimum absolute atomic E-state index is 0.103. The van der Waals surface area contributed by atoms with Gasteiger partial charge in [0, 0.05) is 23.5 Å². The van der Waals surface area contributed by atoms with Crippen LogP contribution in [0.2, 0.25) is 0 Å². The number of allylic oxidation sites excluding steroid dienone is 1. The molecule has 4 aromatic carbocycles. The Bertz CT molecular complexity index is 1650. The van der Waals surface area contributed by atoms with Gasteiger partial charge in [-0.05, 0) is 41.6 Å². The van der Waals surface area contributed by atoms with Gasteiger partial charge in [-0.25, -0.2) is 0 Å². The number of aromatic hydroxyl groups is 1. The third-order valence-corrected chi connectivity index (χ3v) is 6.48. The lowest BCUT2D eigenvalue weighted by atomic mass is 10.0. The summed E-state index contributed by atoms with van der Waals surface area (Å²) in [6.45, 7) is 0. The Morgan fingerprint density at radius 2 is 1.56 bits per heavy atom. The number of rotatable bonds is 7. The predicted molar refractivity (Wildman–Crippen MR) is 146 cm³/mol. The van der Waals surface area contributed by atoms with Gasteiger partial charge >= 0.3 is 0 Å². The number of carbonyl (C=O) groups is 1. The lowest BCUT2D eigenvalue weighted by molar-refractivity contribution is 0.104. The molecule has 5 nitrogen and oxygen atoms in total. The molecule has 0 spiro atoms. The van der Waals surface area contributed by atoms with Crippen LogP contribution in [0.1, 0.15) is 28.4 Å². The van der Waals surface area contributed by atoms with E-state index in [1.165, 1.54) is 10.6 Å². The van der Waals surface area contributed by atoms with E-state index in [4.69, 9.17) is 0 Å². The molecule has 0 saturated heterocycles. The summed E-state index contributed by atoms with van der Waals surface area (Å²) >= 11 is 0. The van der Waals surface area contributed by atoms with Crippen molar-refractivity contribution < 1.29 is 9.90 Å². The van der Waals surface area contributed by atoms with Gasteiger partial charge in [0.15, 0.2) is 5.78 Å². The van der Waals surface area contributed by atoms with Crippen LogP contribution in [0.3, 0.4) is 0 Å². The van der Waals surface area contributed by atoms with Gasteiger partial charge in [-0.3, -0.25) is 9.59 Å². The Labute approximate surface area is 209 Å². The fraction of sp³-hybridized carbons (Fsp3) is 0.0968. The average molecular weight is 475 g/mol. The van der Waals surface area contributed by atoms with Crippen LogP contribution in [0, 0.1) is 0 Å². The van der Waals surface area contributed by atoms with E-state index in [-0.39, 0.29) is 17.4 Å². The van der Waals surface area contributed by atoms with Crippen LogP contribution in [0.5, 0.6) is 5.75 Å². The number of fused-ring (bicyclic) bond motifs is 2. The molecule has 2 N–H and O–H groups in total. The number of hydrogen-bond donors (Lipinski definition) is 2. The van der Waals surface area contributed by atoms with Crippen LogP contribution in [0.4, 0.5) is 5.69 Å². The van der Waals surface area contributed by atoms with E-state index in [1.54, 1.807) is 37.4 Å². The van der Waals surface area contributed by atoms with Crippen molar-refractivity contribution in [3.63, 3.8) is 0 Å². The second kappa shape index (κ2) is 9.92. The molecule has 0 bridgehead atoms. The molecule has 0 unspecified atom stereocenters. The topological polar surface area (TPSA) is 71.3 Å². The van der Waals surface area contributed by atoms with Crippen molar-refractivity contribution in [2.45, 2.75) is 12.5 Å². The number of hydrogen-bond acceptors (Lipinski definition) is 4. The van der Waals surface area contributed by atoms with Crippen LogP contribution < -0.4 is 10.9 Å². The fourth-order valence-electron chi connectivity index (χ4n) is 4.60. The predicted octanol–water partition coefficient (Wildman–Crippen LogP) is 6.38. The SMILES string of the molecule is Cn1c(=O)c(C(=O)C=CC[C@@H](Nc2cccc3ccccc23)c2ccccc2)c(O)c2ccccc21. The Hall–Kier alpha value is -4.64. The molecule has 0 amide bonds. The molecule has 0 radical (unpaired) electrons. The molecule has 0 aliphatic rings. The fourth-order valence-corrected chi connectivity index (χ4v) is 4.60. The van der Waals surface area contributed by atoms with Crippen molar-refractivity contribution in [2.24, 2.45) is 7.05 Å². The Morgan fingerprint density at radius 3 is 2.36 bits per heavy atom. The highest BCUT2D eigenvalue weighted by Gasteiger charge is 2.19. The molecule has 1 aromatic heterocycles. The number of pyridine rings is 1. The maximum absolute atomic E-state index is 13.1. The Balaban J connectivity index is 1.45. The van der Waals surface area contributed by atoms with Gasteiger partial charge in [-0.15, -0.1) is 0 Å². The second-order valence-electron chi connectivity index (χ2n) is 8.74. The number of carbonyl (C=O) groups excluding carboxylic acids is 1. The standard InChI is InChI=1S/C31H26N2O3/c1-33-27-19-8-7-16-24(27)30(35)29(31(33)36)28(34)20-10-17-25(22-12-3-2-4-13-22)32-26-18-9-14-21-11-5-6-15-23(21)26/h2-16,18-20,25,32,35H,17H2,1H3/t25-/m1/s1. The molecular formula is C31H26N2O3. The lowest BCUT2D eigenvalue weighted by Gasteiger charge is -2.20. The van der Waals surface area contributed by atoms with Crippen molar-refractivity contribution >= 4 is 33.1 Å². The first-order chi connectivity index (χ1) is 17.5. The minimum atomic E-state index is -0.519. The van der Waals surface area contributed by atoms with Gasteiger partial charge in [0.2, 0.25) is 0 Å². The molecule has 5 aromatic rings. The number of aromatic nitrogens is 1. The van der Waals surface area contributed by atoms with Gasteiger partial charge in [-0.1, -0.05) is 84.9 Å². The normalized spacial score (nSPS) is 12.2. The number of benzene rings is 4. The third-order valence-electron chi connectivity index (χ3n) is 6.48. The third kappa shape index (κ3) is 4.39. The molecular weight excluding hydrogens is 448 g/mol. The second-order valence-corrected chi connectivity index (χ2v) is 8.74. The summed E-state index contributed by atoms with van der Waals surface area (Å²) in [6, 6.07) is 31.2. The molecule has 0 saturated carbocycles. The first kappa shape index (κ1) is 23.1. The molecule has 5 heteroatoms. The van der Waals surface area contributed by atoms with E-state index < -0.39 is 11.3 Å². The number of para-hydroxylation sites is 1. The smallest absolute Gasteiger partial charge is 0.265 e. The summed E-state index contributed by atoms with van der Waals surface area (Å²) in [6.07, 6.45) is 3.64. The largest absolute Gasteiger partial charge is 0.506 e. The van der Waals surface area contributed by atoms with Crippen LogP contribution in [-0.2, 0) is 7.05 Å². The zero-order chi connectivity index (χ0) is 25.1. The summed E-state index contributed by atoms with van der Waals surface area (Å²) in [5, 5.41) is 17.1. The zero-order valence-electron chi connectivity index (χ0n) is 19.9. The number of ketones is 1. The maximum Gasteiger partial charge on any atom is 0.265 e. The van der Waals surface area contributed by atoms with Crippen LogP contribution in [0.15, 0.2) is 114 Å².